The number of aliphatic carboxylic acids is 2. The average Bonchev–Trinajstić information content (AvgIpc) is 3.49. The number of ether oxygens (including phenoxy) is 1. The van der Waals surface area contributed by atoms with Gasteiger partial charge in [-0.2, -0.15) is 36.3 Å². The fourth-order valence-electron chi connectivity index (χ4n) is 3.23. The van der Waals surface area contributed by atoms with Crippen LogP contribution in [0.25, 0.3) is 0 Å². The van der Waals surface area contributed by atoms with Gasteiger partial charge in [-0.05, 0) is 32.2 Å². The Bertz CT molecular complexity index is 887. The molecule has 1 saturated carbocycles. The fraction of sp³-hybridized carbons (Fsp3) is 0.667. The number of aromatic nitrogens is 2. The number of nitrogens with one attached hydrogen (secondary N) is 2. The van der Waals surface area contributed by atoms with Crippen molar-refractivity contribution in [3.05, 3.63) is 0 Å². The third-order valence-corrected chi connectivity index (χ3v) is 5.17. The first kappa shape index (κ1) is 28.0. The number of carboxylic acids is 2. The number of hydrogen-bond donors (Lipinski definition) is 5. The molecule has 0 radical (unpaired) electrons. The van der Waals surface area contributed by atoms with E-state index in [-0.39, 0.29) is 0 Å². The summed E-state index contributed by atoms with van der Waals surface area (Å²) in [7, 11) is 2.00. The van der Waals surface area contributed by atoms with E-state index in [0.29, 0.717) is 24.6 Å². The predicted octanol–water partition coefficient (Wildman–Crippen LogP) is 1.71. The summed E-state index contributed by atoms with van der Waals surface area (Å²) >= 11 is 0. The molecular formula is C18H24F6N6O5. The molecule has 198 valence electrons. The van der Waals surface area contributed by atoms with Gasteiger partial charge in [-0.25, -0.2) is 9.59 Å². The minimum atomic E-state index is -5.08. The van der Waals surface area contributed by atoms with Gasteiger partial charge in [0.15, 0.2) is 11.6 Å². The Morgan fingerprint density at radius 1 is 1.09 bits per heavy atom. The lowest BCUT2D eigenvalue weighted by Gasteiger charge is -2.30. The van der Waals surface area contributed by atoms with Crippen LogP contribution in [0.1, 0.15) is 19.3 Å². The van der Waals surface area contributed by atoms with Crippen molar-refractivity contribution in [1.29, 1.82) is 0 Å². The second-order valence-corrected chi connectivity index (χ2v) is 7.81. The van der Waals surface area contributed by atoms with Gasteiger partial charge in [-0.15, -0.1) is 0 Å². The van der Waals surface area contributed by atoms with Crippen molar-refractivity contribution < 1.29 is 50.9 Å². The summed E-state index contributed by atoms with van der Waals surface area (Å²) in [6, 6.07) is 0.857. The van der Waals surface area contributed by atoms with E-state index in [1.54, 1.807) is 0 Å². The maximum absolute atomic E-state index is 10.6. The molecule has 11 nitrogen and oxygen atoms in total. The number of carboxylic acid groups (broad SMARTS) is 2. The largest absolute Gasteiger partial charge is 0.490 e. The zero-order chi connectivity index (χ0) is 26.6. The van der Waals surface area contributed by atoms with Crippen LogP contribution in [0.15, 0.2) is 0 Å². The highest BCUT2D eigenvalue weighted by Gasteiger charge is 2.39. The molecule has 35 heavy (non-hydrogen) atoms. The summed E-state index contributed by atoms with van der Waals surface area (Å²) in [6.07, 6.45) is -6.51. The Kier molecular flexibility index (Phi) is 8.80. The van der Waals surface area contributed by atoms with Crippen LogP contribution < -0.4 is 26.0 Å². The SMILES string of the molecule is CN[C@@H]1CCN(c2nc(N)nc3c2OC[C@@H](C2CC2)N3)C1.O=C(O)C(F)(F)F.O=C(O)C(F)(F)F. The number of nitrogens with zero attached hydrogens (tertiary/aromatic N) is 3. The number of alkyl halides is 6. The zero-order valence-corrected chi connectivity index (χ0v) is 18.3. The Morgan fingerprint density at radius 2 is 1.63 bits per heavy atom. The summed E-state index contributed by atoms with van der Waals surface area (Å²) in [5, 5.41) is 21.1. The van der Waals surface area contributed by atoms with Crippen LogP contribution in [0.3, 0.4) is 0 Å². The number of likely N-dealkylation sites (N-methyl/N-ethyl adjacent to an activating group) is 1. The molecule has 6 N–H and O–H groups in total. The fourth-order valence-corrected chi connectivity index (χ4v) is 3.23. The van der Waals surface area contributed by atoms with Crippen molar-refractivity contribution in [2.75, 3.05) is 42.7 Å². The van der Waals surface area contributed by atoms with Gasteiger partial charge >= 0.3 is 24.3 Å². The van der Waals surface area contributed by atoms with E-state index >= 15 is 0 Å². The van der Waals surface area contributed by atoms with E-state index in [1.807, 2.05) is 7.05 Å². The number of hydrogen-bond acceptors (Lipinski definition) is 9. The third kappa shape index (κ3) is 8.18. The summed E-state index contributed by atoms with van der Waals surface area (Å²) < 4.78 is 69.5. The van der Waals surface area contributed by atoms with Crippen LogP contribution in [0, 0.1) is 5.92 Å². The minimum absolute atomic E-state index is 0.309. The molecule has 2 aliphatic heterocycles. The number of nitrogens with two attached hydrogens (primary N) is 1. The molecule has 1 aromatic rings. The molecule has 0 bridgehead atoms. The van der Waals surface area contributed by atoms with Gasteiger partial charge in [-0.1, -0.05) is 0 Å². The number of fused-ring (bicyclic) bond motifs is 1. The maximum Gasteiger partial charge on any atom is 0.490 e. The van der Waals surface area contributed by atoms with Gasteiger partial charge in [0.25, 0.3) is 0 Å². The average molecular weight is 518 g/mol. The van der Waals surface area contributed by atoms with Crippen molar-refractivity contribution in [3.63, 3.8) is 0 Å². The Balaban J connectivity index is 0.000000257. The topological polar surface area (TPSA) is 163 Å². The van der Waals surface area contributed by atoms with Crippen LogP contribution in [-0.4, -0.2) is 83.3 Å². The highest BCUT2D eigenvalue weighted by atomic mass is 19.4. The number of rotatable bonds is 3. The molecule has 1 aromatic heterocycles. The number of nitrogen functional groups attached to an aromatic ring is 1. The van der Waals surface area contributed by atoms with Crippen LogP contribution in [0.2, 0.25) is 0 Å². The third-order valence-electron chi connectivity index (χ3n) is 5.17. The smallest absolute Gasteiger partial charge is 0.484 e. The van der Waals surface area contributed by atoms with Crippen LogP contribution >= 0.6 is 0 Å². The number of anilines is 3. The van der Waals surface area contributed by atoms with Crippen LogP contribution in [0.5, 0.6) is 5.75 Å². The van der Waals surface area contributed by atoms with Crippen molar-refractivity contribution in [2.24, 2.45) is 5.92 Å². The molecule has 0 amide bonds. The molecule has 2 atom stereocenters. The summed E-state index contributed by atoms with van der Waals surface area (Å²) in [6.45, 7) is 2.58. The minimum Gasteiger partial charge on any atom is -0.484 e. The molecule has 17 heteroatoms. The molecule has 0 unspecified atom stereocenters. The Morgan fingerprint density at radius 3 is 2.06 bits per heavy atom. The molecule has 1 aliphatic carbocycles. The lowest BCUT2D eigenvalue weighted by molar-refractivity contribution is -0.193. The molecular weight excluding hydrogens is 494 g/mol. The summed E-state index contributed by atoms with van der Waals surface area (Å²) in [4.78, 5) is 28.8. The first-order valence-electron chi connectivity index (χ1n) is 10.2. The molecule has 0 aromatic carbocycles. The van der Waals surface area contributed by atoms with Gasteiger partial charge < -0.3 is 36.2 Å². The Hall–Kier alpha value is -3.24. The lowest BCUT2D eigenvalue weighted by atomic mass is 10.2. The Labute approximate surface area is 194 Å². The predicted molar refractivity (Wildman–Crippen MR) is 109 cm³/mol. The van der Waals surface area contributed by atoms with E-state index in [4.69, 9.17) is 30.3 Å². The van der Waals surface area contributed by atoms with Crippen molar-refractivity contribution >= 4 is 29.5 Å². The summed E-state index contributed by atoms with van der Waals surface area (Å²) in [5.41, 5.74) is 5.89. The van der Waals surface area contributed by atoms with Crippen molar-refractivity contribution in [3.8, 4) is 5.75 Å². The number of halogens is 6. The standard InChI is InChI=1S/C14H22N6O.2C2HF3O2/c1-16-9-4-5-20(6-9)13-11-12(18-14(15)19-13)17-10(7-21-11)8-2-3-8;2*3-2(4,5)1(6)7/h8-10,16H,2-7H2,1H3,(H3,15,17,18,19);2*(H,6,7)/t9-,10+;;/m1../s1. The number of carbonyl (C=O) groups is 2. The van der Waals surface area contributed by atoms with Crippen molar-refractivity contribution in [1.82, 2.24) is 15.3 Å². The highest BCUT2D eigenvalue weighted by molar-refractivity contribution is 5.73. The summed E-state index contributed by atoms with van der Waals surface area (Å²) in [5.74, 6) is -2.13. The van der Waals surface area contributed by atoms with Crippen molar-refractivity contribution in [2.45, 2.75) is 43.7 Å². The highest BCUT2D eigenvalue weighted by Crippen LogP contribution is 2.42. The first-order chi connectivity index (χ1) is 16.1. The lowest BCUT2D eigenvalue weighted by Crippen LogP contribution is -2.36. The molecule has 2 fully saturated rings. The van der Waals surface area contributed by atoms with Gasteiger partial charge in [0.05, 0.1) is 6.04 Å². The van der Waals surface area contributed by atoms with Crippen LogP contribution in [0.4, 0.5) is 43.9 Å². The van der Waals surface area contributed by atoms with Gasteiger partial charge in [0.2, 0.25) is 11.7 Å². The van der Waals surface area contributed by atoms with Gasteiger partial charge in [0, 0.05) is 19.1 Å². The maximum atomic E-state index is 10.6. The van der Waals surface area contributed by atoms with Gasteiger partial charge in [0.1, 0.15) is 6.61 Å². The molecule has 0 spiro atoms. The second-order valence-electron chi connectivity index (χ2n) is 7.81. The zero-order valence-electron chi connectivity index (χ0n) is 18.3. The normalized spacial score (nSPS) is 21.3. The van der Waals surface area contributed by atoms with Gasteiger partial charge in [-0.3, -0.25) is 0 Å². The monoisotopic (exact) mass is 518 g/mol. The molecule has 4 rings (SSSR count). The second kappa shape index (κ2) is 11.0. The molecule has 3 heterocycles. The van der Waals surface area contributed by atoms with E-state index in [1.165, 1.54) is 12.8 Å². The van der Waals surface area contributed by atoms with E-state index < -0.39 is 24.3 Å². The van der Waals surface area contributed by atoms with E-state index in [2.05, 4.69) is 25.5 Å². The van der Waals surface area contributed by atoms with E-state index in [9.17, 15) is 26.3 Å². The quantitative estimate of drug-likeness (QED) is 0.370. The molecule has 3 aliphatic rings. The van der Waals surface area contributed by atoms with Crippen LogP contribution in [-0.2, 0) is 9.59 Å². The first-order valence-corrected chi connectivity index (χ1v) is 10.2. The van der Waals surface area contributed by atoms with E-state index in [0.717, 1.165) is 42.8 Å². The molecule has 1 saturated heterocycles.